The summed E-state index contributed by atoms with van der Waals surface area (Å²) in [6.45, 7) is 6.02. The third-order valence-corrected chi connectivity index (χ3v) is 6.48. The molecule has 0 heteroatoms. The summed E-state index contributed by atoms with van der Waals surface area (Å²) in [5, 5.41) is 0. The van der Waals surface area contributed by atoms with Gasteiger partial charge in [0.05, 0.1) is 0 Å². The molecule has 0 spiro atoms. The normalized spacial score (nSPS) is 31.7. The first-order valence-corrected chi connectivity index (χ1v) is 10.7. The molecule has 0 nitrogen and oxygen atoms in total. The number of hydrogen-bond donors (Lipinski definition) is 0. The molecule has 0 bridgehead atoms. The quantitative estimate of drug-likeness (QED) is 0.378. The zero-order valence-electron chi connectivity index (χ0n) is 16.1. The van der Waals surface area contributed by atoms with Gasteiger partial charge in [0, 0.05) is 0 Å². The van der Waals surface area contributed by atoms with Crippen molar-refractivity contribution in [1.29, 1.82) is 0 Å². The molecule has 0 aromatic heterocycles. The molecule has 2 fully saturated rings. The molecular weight excluding hydrogens is 288 g/mol. The molecule has 0 amide bonds. The molecule has 0 radical (unpaired) electrons. The Morgan fingerprint density at radius 3 is 1.88 bits per heavy atom. The first kappa shape index (κ1) is 19.5. The smallest absolute Gasteiger partial charge is 0.0233 e. The van der Waals surface area contributed by atoms with Gasteiger partial charge in [-0.1, -0.05) is 43.2 Å². The fourth-order valence-corrected chi connectivity index (χ4v) is 4.78. The van der Waals surface area contributed by atoms with Crippen molar-refractivity contribution < 1.29 is 0 Å². The van der Waals surface area contributed by atoms with E-state index in [2.05, 4.69) is 43.9 Å². The van der Waals surface area contributed by atoms with E-state index in [1.165, 1.54) is 83.5 Å². The minimum absolute atomic E-state index is 0.881. The molecule has 2 aliphatic rings. The number of rotatable bonds is 9. The summed E-state index contributed by atoms with van der Waals surface area (Å²) in [7, 11) is 0. The highest BCUT2D eigenvalue weighted by Crippen LogP contribution is 2.34. The van der Waals surface area contributed by atoms with Crippen LogP contribution < -0.4 is 0 Å². The molecule has 0 atom stereocenters. The van der Waals surface area contributed by atoms with E-state index in [1.54, 1.807) is 0 Å². The lowest BCUT2D eigenvalue weighted by molar-refractivity contribution is 0.265. The third kappa shape index (κ3) is 7.41. The Balaban J connectivity index is 1.53. The van der Waals surface area contributed by atoms with Gasteiger partial charge in [-0.25, -0.2) is 0 Å². The highest BCUT2D eigenvalue weighted by Gasteiger charge is 2.20. The molecule has 0 N–H and O–H groups in total. The van der Waals surface area contributed by atoms with Crippen LogP contribution in [0.3, 0.4) is 0 Å². The standard InChI is InChI=1S/C24H40/c1-3-5-6-10-22-17-19-24(20-18-22)12-8-7-11-23-15-13-21(9-4-2)14-16-23/h3-5,8,12,21-24H,2,6-7,9-11,13-20H2,1H3/b5-3+,12-8+. The van der Waals surface area contributed by atoms with Crippen molar-refractivity contribution in [3.63, 3.8) is 0 Å². The average Bonchev–Trinajstić information content (AvgIpc) is 2.62. The molecule has 2 aliphatic carbocycles. The largest absolute Gasteiger partial charge is 0.103 e. The topological polar surface area (TPSA) is 0 Å². The van der Waals surface area contributed by atoms with E-state index in [9.17, 15) is 0 Å². The van der Waals surface area contributed by atoms with Gasteiger partial charge in [0.1, 0.15) is 0 Å². The van der Waals surface area contributed by atoms with Crippen LogP contribution in [-0.4, -0.2) is 0 Å². The van der Waals surface area contributed by atoms with Gasteiger partial charge in [0.25, 0.3) is 0 Å². The Labute approximate surface area is 151 Å². The van der Waals surface area contributed by atoms with E-state index in [4.69, 9.17) is 0 Å². The van der Waals surface area contributed by atoms with Gasteiger partial charge in [-0.05, 0) is 101 Å². The summed E-state index contributed by atoms with van der Waals surface area (Å²) in [5.41, 5.74) is 0. The lowest BCUT2D eigenvalue weighted by Crippen LogP contribution is -2.14. The maximum absolute atomic E-state index is 3.89. The summed E-state index contributed by atoms with van der Waals surface area (Å²) >= 11 is 0. The van der Waals surface area contributed by atoms with Gasteiger partial charge in [-0.2, -0.15) is 0 Å². The second-order valence-corrected chi connectivity index (χ2v) is 8.34. The Morgan fingerprint density at radius 2 is 1.29 bits per heavy atom. The molecule has 0 aliphatic heterocycles. The average molecular weight is 329 g/mol. The monoisotopic (exact) mass is 328 g/mol. The third-order valence-electron chi connectivity index (χ3n) is 6.48. The Bertz CT molecular complexity index is 373. The number of allylic oxidation sites excluding steroid dienone is 5. The van der Waals surface area contributed by atoms with Crippen LogP contribution in [0.1, 0.15) is 90.4 Å². The van der Waals surface area contributed by atoms with Crippen LogP contribution >= 0.6 is 0 Å². The molecule has 2 saturated carbocycles. The molecule has 2 rings (SSSR count). The second kappa shape index (κ2) is 11.7. The van der Waals surface area contributed by atoms with Gasteiger partial charge >= 0.3 is 0 Å². The van der Waals surface area contributed by atoms with Crippen LogP contribution in [0, 0.1) is 23.7 Å². The van der Waals surface area contributed by atoms with Crippen LogP contribution in [0.15, 0.2) is 37.0 Å². The lowest BCUT2D eigenvalue weighted by Gasteiger charge is -2.28. The summed E-state index contributed by atoms with van der Waals surface area (Å²) in [6.07, 6.45) is 30.0. The number of hydrogen-bond acceptors (Lipinski definition) is 0. The fourth-order valence-electron chi connectivity index (χ4n) is 4.78. The first-order valence-electron chi connectivity index (χ1n) is 10.7. The minimum Gasteiger partial charge on any atom is -0.103 e. The minimum atomic E-state index is 0.881. The maximum Gasteiger partial charge on any atom is -0.0233 e. The van der Waals surface area contributed by atoms with E-state index in [-0.39, 0.29) is 0 Å². The summed E-state index contributed by atoms with van der Waals surface area (Å²) in [5.74, 6) is 3.82. The van der Waals surface area contributed by atoms with E-state index in [0.717, 1.165) is 23.7 Å². The van der Waals surface area contributed by atoms with E-state index in [0.29, 0.717) is 0 Å². The lowest BCUT2D eigenvalue weighted by atomic mass is 9.78. The highest BCUT2D eigenvalue weighted by molar-refractivity contribution is 4.92. The van der Waals surface area contributed by atoms with Crippen LogP contribution in [0.25, 0.3) is 0 Å². The van der Waals surface area contributed by atoms with Crippen molar-refractivity contribution >= 4 is 0 Å². The zero-order chi connectivity index (χ0) is 17.0. The molecule has 0 saturated heterocycles. The zero-order valence-corrected chi connectivity index (χ0v) is 16.1. The first-order chi connectivity index (χ1) is 11.8. The van der Waals surface area contributed by atoms with Crippen molar-refractivity contribution in [3.05, 3.63) is 37.0 Å². The van der Waals surface area contributed by atoms with Crippen molar-refractivity contribution in [1.82, 2.24) is 0 Å². The Hall–Kier alpha value is -0.780. The van der Waals surface area contributed by atoms with Crippen molar-refractivity contribution in [2.45, 2.75) is 90.4 Å². The summed E-state index contributed by atoms with van der Waals surface area (Å²) in [4.78, 5) is 0. The van der Waals surface area contributed by atoms with E-state index in [1.807, 2.05) is 0 Å². The van der Waals surface area contributed by atoms with Crippen molar-refractivity contribution in [3.8, 4) is 0 Å². The predicted molar refractivity (Wildman–Crippen MR) is 108 cm³/mol. The second-order valence-electron chi connectivity index (χ2n) is 8.34. The van der Waals surface area contributed by atoms with Gasteiger partial charge in [0.15, 0.2) is 0 Å². The Morgan fingerprint density at radius 1 is 0.750 bits per heavy atom. The van der Waals surface area contributed by atoms with Crippen LogP contribution in [-0.2, 0) is 0 Å². The summed E-state index contributed by atoms with van der Waals surface area (Å²) in [6, 6.07) is 0. The molecule has 0 heterocycles. The predicted octanol–water partition coefficient (Wildman–Crippen LogP) is 7.87. The van der Waals surface area contributed by atoms with Crippen LogP contribution in [0.5, 0.6) is 0 Å². The van der Waals surface area contributed by atoms with Crippen molar-refractivity contribution in [2.75, 3.05) is 0 Å². The molecule has 0 aromatic carbocycles. The molecule has 0 aromatic rings. The van der Waals surface area contributed by atoms with Gasteiger partial charge in [-0.15, -0.1) is 6.58 Å². The van der Waals surface area contributed by atoms with Crippen LogP contribution in [0.2, 0.25) is 0 Å². The molecule has 0 unspecified atom stereocenters. The molecule has 136 valence electrons. The molecular formula is C24H40. The fraction of sp³-hybridized carbons (Fsp3) is 0.750. The maximum atomic E-state index is 3.89. The van der Waals surface area contributed by atoms with Gasteiger partial charge < -0.3 is 0 Å². The van der Waals surface area contributed by atoms with Crippen molar-refractivity contribution in [2.24, 2.45) is 23.7 Å². The SMILES string of the molecule is C=CCC1CCC(CC/C=C/C2CCC(CC/C=C/C)CC2)CC1. The Kier molecular flexibility index (Phi) is 9.54. The summed E-state index contributed by atoms with van der Waals surface area (Å²) < 4.78 is 0. The van der Waals surface area contributed by atoms with E-state index >= 15 is 0 Å². The van der Waals surface area contributed by atoms with E-state index < -0.39 is 0 Å². The van der Waals surface area contributed by atoms with Gasteiger partial charge in [-0.3, -0.25) is 0 Å². The molecule has 24 heavy (non-hydrogen) atoms. The van der Waals surface area contributed by atoms with Crippen LogP contribution in [0.4, 0.5) is 0 Å². The van der Waals surface area contributed by atoms with Gasteiger partial charge in [0.2, 0.25) is 0 Å². The highest BCUT2D eigenvalue weighted by atomic mass is 14.3.